The van der Waals surface area contributed by atoms with Crippen molar-refractivity contribution < 1.29 is 9.59 Å². The van der Waals surface area contributed by atoms with Gasteiger partial charge in [-0.25, -0.2) is 9.97 Å². The van der Waals surface area contributed by atoms with Crippen LogP contribution in [0.4, 0.5) is 0 Å². The van der Waals surface area contributed by atoms with E-state index in [4.69, 9.17) is 0 Å². The second kappa shape index (κ2) is 6.82. The third-order valence-electron chi connectivity index (χ3n) is 4.39. The number of hydrogen-bond donors (Lipinski definition) is 2. The number of nitrogens with one attached hydrogen (secondary N) is 2. The van der Waals surface area contributed by atoms with E-state index >= 15 is 0 Å². The zero-order valence-corrected chi connectivity index (χ0v) is 15.2. The molecule has 1 fully saturated rings. The van der Waals surface area contributed by atoms with Crippen LogP contribution in [0.25, 0.3) is 11.2 Å². The largest absolute Gasteiger partial charge is 0.347 e. The summed E-state index contributed by atoms with van der Waals surface area (Å²) < 4.78 is 0. The zero-order chi connectivity index (χ0) is 18.1. The molecule has 7 heteroatoms. The minimum atomic E-state index is -0.549. The van der Waals surface area contributed by atoms with Gasteiger partial charge in [0.05, 0.1) is 17.5 Å². The summed E-state index contributed by atoms with van der Waals surface area (Å²) in [6.07, 6.45) is 6.22. The number of carbonyl (C=O) groups excluding carboxylic acids is 2. The van der Waals surface area contributed by atoms with Crippen LogP contribution >= 0.6 is 0 Å². The Labute approximate surface area is 147 Å². The predicted molar refractivity (Wildman–Crippen MR) is 95.3 cm³/mol. The summed E-state index contributed by atoms with van der Waals surface area (Å²) in [6.45, 7) is 4.06. The molecular formula is C18H25N5O2. The van der Waals surface area contributed by atoms with E-state index in [0.29, 0.717) is 35.0 Å². The summed E-state index contributed by atoms with van der Waals surface area (Å²) in [5.41, 5.74) is 2.53. The molecule has 2 amide bonds. The van der Waals surface area contributed by atoms with E-state index in [2.05, 4.69) is 20.3 Å². The Balaban J connectivity index is 1.84. The molecule has 1 aliphatic rings. The number of aromatic amines is 1. The van der Waals surface area contributed by atoms with E-state index in [1.54, 1.807) is 26.5 Å². The Bertz CT molecular complexity index is 792. The van der Waals surface area contributed by atoms with E-state index in [1.165, 1.54) is 4.90 Å². The standard InChI is InChI=1S/C18H25N5O2/c1-10(2)7-13(18(25)23(3)4)22-17(24)12-8-19-16-15(12)21-14(9-20-16)11-5-6-11/h8-11,13H,5-7H2,1-4H3,(H,19,20)(H,22,24)/t13-/m1/s1. The van der Waals surface area contributed by atoms with Crippen LogP contribution in [0.1, 0.15) is 55.1 Å². The fourth-order valence-electron chi connectivity index (χ4n) is 2.89. The fraction of sp³-hybridized carbons (Fsp3) is 0.556. The topological polar surface area (TPSA) is 91.0 Å². The summed E-state index contributed by atoms with van der Waals surface area (Å²) in [5.74, 6) is 0.353. The van der Waals surface area contributed by atoms with Crippen LogP contribution < -0.4 is 5.32 Å². The minimum Gasteiger partial charge on any atom is -0.347 e. The molecule has 3 rings (SSSR count). The molecule has 1 atom stereocenters. The molecule has 2 aromatic heterocycles. The fourth-order valence-corrected chi connectivity index (χ4v) is 2.89. The summed E-state index contributed by atoms with van der Waals surface area (Å²) >= 11 is 0. The molecule has 0 unspecified atom stereocenters. The molecule has 2 aromatic rings. The molecule has 0 saturated heterocycles. The van der Waals surface area contributed by atoms with Crippen LogP contribution in [0.3, 0.4) is 0 Å². The molecule has 1 saturated carbocycles. The lowest BCUT2D eigenvalue weighted by Crippen LogP contribution is -2.46. The molecule has 0 spiro atoms. The van der Waals surface area contributed by atoms with Crippen molar-refractivity contribution in [3.8, 4) is 0 Å². The van der Waals surface area contributed by atoms with Crippen LogP contribution in [-0.4, -0.2) is 51.8 Å². The summed E-state index contributed by atoms with van der Waals surface area (Å²) in [5, 5.41) is 2.87. The van der Waals surface area contributed by atoms with Crippen molar-refractivity contribution in [3.05, 3.63) is 23.7 Å². The average Bonchev–Trinajstić information content (AvgIpc) is 3.32. The van der Waals surface area contributed by atoms with Crippen molar-refractivity contribution >= 4 is 23.0 Å². The molecule has 0 bridgehead atoms. The first-order valence-corrected chi connectivity index (χ1v) is 8.73. The highest BCUT2D eigenvalue weighted by Crippen LogP contribution is 2.39. The number of likely N-dealkylation sites (N-methyl/N-ethyl adjacent to an activating group) is 1. The third-order valence-corrected chi connectivity index (χ3v) is 4.39. The lowest BCUT2D eigenvalue weighted by Gasteiger charge is -2.23. The van der Waals surface area contributed by atoms with Crippen molar-refractivity contribution in [3.63, 3.8) is 0 Å². The average molecular weight is 343 g/mol. The Morgan fingerprint density at radius 1 is 1.36 bits per heavy atom. The molecule has 7 nitrogen and oxygen atoms in total. The van der Waals surface area contributed by atoms with Crippen LogP contribution in [0.5, 0.6) is 0 Å². The quantitative estimate of drug-likeness (QED) is 0.840. The van der Waals surface area contributed by atoms with E-state index in [9.17, 15) is 9.59 Å². The molecule has 1 aliphatic carbocycles. The van der Waals surface area contributed by atoms with Gasteiger partial charge in [-0.15, -0.1) is 0 Å². The van der Waals surface area contributed by atoms with E-state index in [-0.39, 0.29) is 11.8 Å². The third kappa shape index (κ3) is 3.81. The Morgan fingerprint density at radius 2 is 2.08 bits per heavy atom. The van der Waals surface area contributed by atoms with Crippen molar-refractivity contribution in [2.24, 2.45) is 5.92 Å². The maximum atomic E-state index is 12.8. The van der Waals surface area contributed by atoms with Gasteiger partial charge in [0.2, 0.25) is 5.91 Å². The predicted octanol–water partition coefficient (Wildman–Crippen LogP) is 2.07. The second-order valence-corrected chi connectivity index (χ2v) is 7.36. The van der Waals surface area contributed by atoms with Crippen molar-refractivity contribution in [1.29, 1.82) is 0 Å². The Kier molecular flexibility index (Phi) is 4.74. The first-order valence-electron chi connectivity index (χ1n) is 8.73. The Hall–Kier alpha value is -2.44. The normalized spacial score (nSPS) is 15.4. The van der Waals surface area contributed by atoms with Gasteiger partial charge in [-0.1, -0.05) is 13.8 Å². The number of carbonyl (C=O) groups is 2. The number of aromatic nitrogens is 3. The van der Waals surface area contributed by atoms with Gasteiger partial charge in [0.15, 0.2) is 5.65 Å². The maximum Gasteiger partial charge on any atom is 0.255 e. The van der Waals surface area contributed by atoms with E-state index in [1.807, 2.05) is 13.8 Å². The van der Waals surface area contributed by atoms with Gasteiger partial charge >= 0.3 is 0 Å². The number of fused-ring (bicyclic) bond motifs is 1. The molecule has 134 valence electrons. The van der Waals surface area contributed by atoms with Crippen molar-refractivity contribution in [1.82, 2.24) is 25.2 Å². The van der Waals surface area contributed by atoms with Gasteiger partial charge in [0.25, 0.3) is 5.91 Å². The number of rotatable bonds is 6. The van der Waals surface area contributed by atoms with Gasteiger partial charge in [0, 0.05) is 26.2 Å². The van der Waals surface area contributed by atoms with Crippen LogP contribution in [0.2, 0.25) is 0 Å². The van der Waals surface area contributed by atoms with Gasteiger partial charge < -0.3 is 15.2 Å². The highest BCUT2D eigenvalue weighted by atomic mass is 16.2. The molecule has 0 radical (unpaired) electrons. The number of hydrogen-bond acceptors (Lipinski definition) is 4. The first-order chi connectivity index (χ1) is 11.9. The number of nitrogens with zero attached hydrogens (tertiary/aromatic N) is 3. The lowest BCUT2D eigenvalue weighted by atomic mass is 10.0. The summed E-state index contributed by atoms with van der Waals surface area (Å²) in [4.78, 5) is 38.6. The van der Waals surface area contributed by atoms with Crippen molar-refractivity contribution in [2.45, 2.75) is 45.1 Å². The van der Waals surface area contributed by atoms with Gasteiger partial charge in [-0.2, -0.15) is 0 Å². The van der Waals surface area contributed by atoms with Crippen LogP contribution in [0.15, 0.2) is 12.4 Å². The van der Waals surface area contributed by atoms with E-state index < -0.39 is 6.04 Å². The molecule has 2 N–H and O–H groups in total. The van der Waals surface area contributed by atoms with Crippen molar-refractivity contribution in [2.75, 3.05) is 14.1 Å². The molecule has 25 heavy (non-hydrogen) atoms. The van der Waals surface area contributed by atoms with Gasteiger partial charge in [-0.3, -0.25) is 9.59 Å². The zero-order valence-electron chi connectivity index (χ0n) is 15.2. The number of H-pyrrole nitrogens is 1. The minimum absolute atomic E-state index is 0.105. The second-order valence-electron chi connectivity index (χ2n) is 7.36. The molecule has 0 aliphatic heterocycles. The Morgan fingerprint density at radius 3 is 2.68 bits per heavy atom. The monoisotopic (exact) mass is 343 g/mol. The molecule has 2 heterocycles. The smallest absolute Gasteiger partial charge is 0.255 e. The lowest BCUT2D eigenvalue weighted by molar-refractivity contribution is -0.131. The molecule has 0 aromatic carbocycles. The summed E-state index contributed by atoms with van der Waals surface area (Å²) in [6, 6.07) is -0.549. The van der Waals surface area contributed by atoms with Crippen LogP contribution in [0, 0.1) is 5.92 Å². The SMILES string of the molecule is CC(C)C[C@@H](NC(=O)c1c[nH]c2ncc(C3CC3)nc12)C(=O)N(C)C. The molecular weight excluding hydrogens is 318 g/mol. The highest BCUT2D eigenvalue weighted by molar-refractivity contribution is 6.05. The first kappa shape index (κ1) is 17.4. The number of amides is 2. The highest BCUT2D eigenvalue weighted by Gasteiger charge is 2.28. The van der Waals surface area contributed by atoms with Gasteiger partial charge in [-0.05, 0) is 25.2 Å². The van der Waals surface area contributed by atoms with Gasteiger partial charge in [0.1, 0.15) is 11.6 Å². The maximum absolute atomic E-state index is 12.8. The van der Waals surface area contributed by atoms with E-state index in [0.717, 1.165) is 18.5 Å². The van der Waals surface area contributed by atoms with Crippen LogP contribution in [-0.2, 0) is 4.79 Å². The summed E-state index contributed by atoms with van der Waals surface area (Å²) in [7, 11) is 3.39.